The zero-order valence-electron chi connectivity index (χ0n) is 18.1. The molecule has 7 heteroatoms. The molecule has 0 radical (unpaired) electrons. The molecule has 2 rings (SSSR count). The van der Waals surface area contributed by atoms with Crippen LogP contribution >= 0.6 is 24.8 Å². The molecule has 1 aromatic carbocycles. The van der Waals surface area contributed by atoms with Gasteiger partial charge in [-0.05, 0) is 0 Å². The monoisotopic (exact) mass is 525 g/mol. The topological polar surface area (TPSA) is 21.3 Å². The summed E-state index contributed by atoms with van der Waals surface area (Å²) in [5.74, 6) is 0. The minimum Gasteiger partial charge on any atom is -0.147 e. The van der Waals surface area contributed by atoms with E-state index in [1.165, 1.54) is 21.7 Å². The first-order valence-corrected chi connectivity index (χ1v) is 25.7. The molecular weight excluding hydrogens is 489 g/mol. The summed E-state index contributed by atoms with van der Waals surface area (Å²) in [4.78, 5) is 0. The predicted octanol–water partition coefficient (Wildman–Crippen LogP) is 5.85. The molecule has 0 saturated carbocycles. The van der Waals surface area contributed by atoms with E-state index in [0.717, 1.165) is 6.61 Å². The maximum absolute atomic E-state index is 6.16. The van der Waals surface area contributed by atoms with Crippen LogP contribution in [0.3, 0.4) is 0 Å². The molecule has 0 aromatic heterocycles. The van der Waals surface area contributed by atoms with Gasteiger partial charge in [0.15, 0.2) is 0 Å². The van der Waals surface area contributed by atoms with Gasteiger partial charge >= 0.3 is 159 Å². The summed E-state index contributed by atoms with van der Waals surface area (Å²) in [6.07, 6.45) is 6.00. The zero-order chi connectivity index (χ0) is 19.0. The molecule has 1 aliphatic carbocycles. The second-order valence-electron chi connectivity index (χ2n) is 10.3. The van der Waals surface area contributed by atoms with Crippen LogP contribution in [0.1, 0.15) is 41.9 Å². The average Bonchev–Trinajstić information content (AvgIpc) is 2.86. The molecule has 0 aliphatic heterocycles. The summed E-state index contributed by atoms with van der Waals surface area (Å²) in [5, 5.41) is 0. The number of benzene rings is 1. The van der Waals surface area contributed by atoms with E-state index in [4.69, 9.17) is 4.43 Å². The van der Waals surface area contributed by atoms with Gasteiger partial charge in [0.2, 0.25) is 0 Å². The van der Waals surface area contributed by atoms with Gasteiger partial charge in [-0.15, -0.1) is 24.8 Å². The largest absolute Gasteiger partial charge is 0.147 e. The second kappa shape index (κ2) is 9.72. The maximum atomic E-state index is 6.16. The van der Waals surface area contributed by atoms with E-state index >= 15 is 0 Å². The molecule has 156 valence electrons. The Labute approximate surface area is 183 Å². The van der Waals surface area contributed by atoms with E-state index in [1.807, 2.05) is 0 Å². The molecular formula is C20H39Cl2NOSi2Zr. The summed E-state index contributed by atoms with van der Waals surface area (Å²) < 4.78 is 14.9. The van der Waals surface area contributed by atoms with Crippen LogP contribution < -0.4 is 3.26 Å². The molecule has 1 N–H and O–H groups in total. The van der Waals surface area contributed by atoms with Gasteiger partial charge in [0, 0.05) is 0 Å². The molecule has 1 aromatic rings. The van der Waals surface area contributed by atoms with Crippen molar-refractivity contribution in [3.63, 3.8) is 0 Å². The third kappa shape index (κ3) is 7.84. The maximum Gasteiger partial charge on any atom is -0.147 e. The van der Waals surface area contributed by atoms with Gasteiger partial charge in [-0.2, -0.15) is 0 Å². The predicted molar refractivity (Wildman–Crippen MR) is 129 cm³/mol. The summed E-state index contributed by atoms with van der Waals surface area (Å²) in [5.41, 5.74) is 3.09. The summed E-state index contributed by atoms with van der Waals surface area (Å²) in [6.45, 7) is 17.1. The van der Waals surface area contributed by atoms with Crippen LogP contribution in [0, 0.1) is 0 Å². The molecule has 0 fully saturated rings. The van der Waals surface area contributed by atoms with Gasteiger partial charge in [-0.3, -0.25) is 0 Å². The van der Waals surface area contributed by atoms with Gasteiger partial charge in [0.05, 0.1) is 0 Å². The minimum atomic E-state index is -3.23. The van der Waals surface area contributed by atoms with Crippen LogP contribution in [0.2, 0.25) is 28.4 Å². The van der Waals surface area contributed by atoms with Gasteiger partial charge < -0.3 is 0 Å². The fraction of sp³-hybridized carbons (Fsp3) is 0.600. The first-order valence-electron chi connectivity index (χ1n) is 9.56. The Morgan fingerprint density at radius 1 is 1.15 bits per heavy atom. The molecule has 0 heterocycles. The quantitative estimate of drug-likeness (QED) is 0.355. The van der Waals surface area contributed by atoms with Crippen molar-refractivity contribution >= 4 is 46.1 Å². The smallest absolute Gasteiger partial charge is 0.147 e. The Bertz CT molecular complexity index is 725. The van der Waals surface area contributed by atoms with Crippen molar-refractivity contribution in [2.75, 3.05) is 6.61 Å². The van der Waals surface area contributed by atoms with Crippen molar-refractivity contribution in [3.8, 4) is 0 Å². The number of nitrogens with one attached hydrogen (secondary N) is 1. The molecule has 0 bridgehead atoms. The van der Waals surface area contributed by atoms with E-state index in [-0.39, 0.29) is 30.4 Å². The van der Waals surface area contributed by atoms with E-state index in [0.29, 0.717) is 3.63 Å². The van der Waals surface area contributed by atoms with Gasteiger partial charge in [0.1, 0.15) is 0 Å². The normalized spacial score (nSPS) is 17.1. The molecule has 0 saturated heterocycles. The molecule has 1 unspecified atom stereocenters. The number of allylic oxidation sites excluding steroid dienone is 1. The Hall–Kier alpha value is 0.777. The van der Waals surface area contributed by atoms with Crippen molar-refractivity contribution < 1.29 is 22.1 Å². The summed E-state index contributed by atoms with van der Waals surface area (Å²) in [6, 6.07) is 8.95. The molecule has 0 amide bonds. The second-order valence-corrected chi connectivity index (χ2v) is 41.6. The van der Waals surface area contributed by atoms with Crippen molar-refractivity contribution in [2.45, 2.75) is 64.8 Å². The Kier molecular flexibility index (Phi) is 10.0. The fourth-order valence-corrected chi connectivity index (χ4v) is 26.1. The SMILES string of the molecule is CC(C)(C)[NH][Zr]([CH3])(=[SiH2])([CH2]CCO[Si](C)(C)C)[CH]1C=Cc2ccccc21.Cl.Cl. The first-order chi connectivity index (χ1) is 11.3. The molecule has 2 nitrogen and oxygen atoms in total. The number of fused-ring (bicyclic) bond motifs is 1. The Morgan fingerprint density at radius 2 is 1.74 bits per heavy atom. The molecule has 1 atom stereocenters. The van der Waals surface area contributed by atoms with Gasteiger partial charge in [0.25, 0.3) is 0 Å². The number of rotatable bonds is 7. The standard InChI is InChI=1S/C9H7.C6H15OSi.C4H10N.CH3.2ClH.H2Si.Zr/c1-2-5-9-7-3-6-8(9)4-1;1-5-6-7-8(2,3)4;1-4(2,3)5;;;;;/h1-7H;1,5-6H2,2-4H3;5H,1-3H3;1H3;2*1H;1H2;/q;;-1;;;;;+1. The van der Waals surface area contributed by atoms with Gasteiger partial charge in [-0.25, -0.2) is 0 Å². The number of halogens is 2. The number of hydrogen-bond acceptors (Lipinski definition) is 2. The van der Waals surface area contributed by atoms with Crippen molar-refractivity contribution in [1.29, 1.82) is 0 Å². The third-order valence-electron chi connectivity index (χ3n) is 5.01. The van der Waals surface area contributed by atoms with Crippen molar-refractivity contribution in [2.24, 2.45) is 0 Å². The first kappa shape index (κ1) is 27.8. The van der Waals surface area contributed by atoms with Crippen LogP contribution in [0.25, 0.3) is 6.08 Å². The van der Waals surface area contributed by atoms with Gasteiger partial charge in [-0.1, -0.05) is 0 Å². The van der Waals surface area contributed by atoms with Crippen molar-refractivity contribution in [1.82, 2.24) is 3.26 Å². The molecule has 1 aliphatic rings. The number of hydrogen-bond donors (Lipinski definition) is 1. The average molecular weight is 528 g/mol. The third-order valence-corrected chi connectivity index (χ3v) is 25.5. The Balaban J connectivity index is 0.00000338. The van der Waals surface area contributed by atoms with Crippen LogP contribution in [0.15, 0.2) is 30.3 Å². The molecule has 0 spiro atoms. The fourth-order valence-electron chi connectivity index (χ4n) is 4.34. The van der Waals surface area contributed by atoms with Crippen LogP contribution in [-0.4, -0.2) is 27.3 Å². The summed E-state index contributed by atoms with van der Waals surface area (Å²) in [7, 11) is -1.42. The Morgan fingerprint density at radius 3 is 2.30 bits per heavy atom. The van der Waals surface area contributed by atoms with E-state index in [9.17, 15) is 0 Å². The van der Waals surface area contributed by atoms with Crippen molar-refractivity contribution in [3.05, 3.63) is 41.5 Å². The molecule has 27 heavy (non-hydrogen) atoms. The summed E-state index contributed by atoms with van der Waals surface area (Å²) >= 11 is -3.23. The van der Waals surface area contributed by atoms with E-state index in [2.05, 4.69) is 91.6 Å². The minimum absolute atomic E-state index is 0. The zero-order valence-corrected chi connectivity index (χ0v) is 24.6. The van der Waals surface area contributed by atoms with Crippen LogP contribution in [0.4, 0.5) is 0 Å². The van der Waals surface area contributed by atoms with E-state index in [1.54, 1.807) is 0 Å². The van der Waals surface area contributed by atoms with Crippen LogP contribution in [0.5, 0.6) is 0 Å². The van der Waals surface area contributed by atoms with E-state index < -0.39 is 26.0 Å². The van der Waals surface area contributed by atoms with Crippen LogP contribution in [-0.2, 0) is 22.1 Å².